The van der Waals surface area contributed by atoms with Crippen molar-refractivity contribution in [1.29, 1.82) is 0 Å². The van der Waals surface area contributed by atoms with Crippen LogP contribution in [0.3, 0.4) is 0 Å². The number of methoxy groups -OCH3 is 1. The molecule has 1 aromatic heterocycles. The number of benzene rings is 1. The molecule has 1 fully saturated rings. The number of carbonyl (C=O) groups excluding carboxylic acids is 1. The first kappa shape index (κ1) is 19.0. The number of rotatable bonds is 4. The molecule has 9 heteroatoms. The van der Waals surface area contributed by atoms with E-state index in [9.17, 15) is 9.18 Å². The number of ether oxygens (including phenoxy) is 1. The van der Waals surface area contributed by atoms with E-state index in [4.69, 9.17) is 21.3 Å². The quantitative estimate of drug-likeness (QED) is 0.743. The van der Waals surface area contributed by atoms with E-state index in [1.54, 1.807) is 12.3 Å². The number of esters is 1. The van der Waals surface area contributed by atoms with Gasteiger partial charge >= 0.3 is 5.97 Å². The number of aliphatic imine (C=N–C) groups is 1. The number of thiazole rings is 1. The Hall–Kier alpha value is -2.29. The fourth-order valence-electron chi connectivity index (χ4n) is 3.52. The summed E-state index contributed by atoms with van der Waals surface area (Å²) in [6.45, 7) is 1.59. The minimum Gasteiger partial charge on any atom is -0.466 e. The largest absolute Gasteiger partial charge is 0.466 e. The third-order valence-corrected chi connectivity index (χ3v) is 5.95. The van der Waals surface area contributed by atoms with Gasteiger partial charge < -0.3 is 15.4 Å². The molecule has 2 atom stereocenters. The molecule has 6 nitrogen and oxygen atoms in total. The Bertz CT molecular complexity index is 955. The van der Waals surface area contributed by atoms with Crippen molar-refractivity contribution >= 4 is 34.7 Å². The van der Waals surface area contributed by atoms with Crippen molar-refractivity contribution in [3.8, 4) is 0 Å². The van der Waals surface area contributed by atoms with Crippen LogP contribution in [0, 0.1) is 11.7 Å². The normalized spacial score (nSPS) is 22.0. The predicted molar refractivity (Wildman–Crippen MR) is 106 cm³/mol. The first-order valence-electron chi connectivity index (χ1n) is 8.81. The van der Waals surface area contributed by atoms with Crippen LogP contribution >= 0.6 is 22.9 Å². The van der Waals surface area contributed by atoms with Crippen LogP contribution in [0.25, 0.3) is 0 Å². The van der Waals surface area contributed by atoms with Crippen molar-refractivity contribution in [1.82, 2.24) is 15.6 Å². The van der Waals surface area contributed by atoms with Crippen LogP contribution in [-0.4, -0.2) is 37.0 Å². The van der Waals surface area contributed by atoms with Gasteiger partial charge in [0, 0.05) is 40.3 Å². The van der Waals surface area contributed by atoms with Gasteiger partial charge in [0.2, 0.25) is 0 Å². The molecule has 2 unspecified atom stereocenters. The lowest BCUT2D eigenvalue weighted by molar-refractivity contribution is -0.136. The Kier molecular flexibility index (Phi) is 5.43. The highest BCUT2D eigenvalue weighted by molar-refractivity contribution is 7.11. The Balaban J connectivity index is 1.89. The average Bonchev–Trinajstić information content (AvgIpc) is 3.40. The first-order valence-corrected chi connectivity index (χ1v) is 10.1. The molecule has 146 valence electrons. The van der Waals surface area contributed by atoms with Crippen LogP contribution in [0.1, 0.15) is 23.0 Å². The molecule has 0 radical (unpaired) electrons. The lowest BCUT2D eigenvalue weighted by Gasteiger charge is -2.29. The zero-order valence-electron chi connectivity index (χ0n) is 15.0. The molecule has 1 saturated heterocycles. The number of halogens is 2. The van der Waals surface area contributed by atoms with Gasteiger partial charge in [-0.2, -0.15) is 0 Å². The third kappa shape index (κ3) is 3.55. The van der Waals surface area contributed by atoms with Gasteiger partial charge in [0.05, 0.1) is 12.7 Å². The molecule has 1 aromatic carbocycles. The minimum absolute atomic E-state index is 0.0984. The summed E-state index contributed by atoms with van der Waals surface area (Å²) in [6.07, 6.45) is 2.57. The molecule has 2 aliphatic rings. The van der Waals surface area contributed by atoms with E-state index in [0.717, 1.165) is 25.2 Å². The second-order valence-corrected chi connectivity index (χ2v) is 7.82. The minimum atomic E-state index is -0.712. The highest BCUT2D eigenvalue weighted by atomic mass is 35.5. The van der Waals surface area contributed by atoms with Crippen molar-refractivity contribution in [2.75, 3.05) is 20.2 Å². The number of nitrogens with zero attached hydrogens (tertiary/aromatic N) is 2. The summed E-state index contributed by atoms with van der Waals surface area (Å²) in [5.74, 6) is -0.270. The predicted octanol–water partition coefficient (Wildman–Crippen LogP) is 3.06. The number of amidine groups is 1. The fourth-order valence-corrected chi connectivity index (χ4v) is 4.38. The van der Waals surface area contributed by atoms with E-state index in [-0.39, 0.29) is 10.9 Å². The Morgan fingerprint density at radius 3 is 2.93 bits per heavy atom. The second-order valence-electron chi connectivity index (χ2n) is 6.52. The van der Waals surface area contributed by atoms with Crippen LogP contribution in [0.5, 0.6) is 0 Å². The van der Waals surface area contributed by atoms with Crippen molar-refractivity contribution in [2.24, 2.45) is 10.9 Å². The zero-order valence-corrected chi connectivity index (χ0v) is 16.6. The van der Waals surface area contributed by atoms with E-state index in [1.807, 2.05) is 5.38 Å². The van der Waals surface area contributed by atoms with Gasteiger partial charge in [0.25, 0.3) is 0 Å². The van der Waals surface area contributed by atoms with Crippen molar-refractivity contribution in [2.45, 2.75) is 12.5 Å². The molecular formula is C19H18ClFN4O2S. The smallest absolute Gasteiger partial charge is 0.338 e. The van der Waals surface area contributed by atoms with Crippen LogP contribution in [0.2, 0.25) is 5.02 Å². The Morgan fingerprint density at radius 1 is 1.43 bits per heavy atom. The number of nitrogens with one attached hydrogen (secondary N) is 2. The van der Waals surface area contributed by atoms with E-state index < -0.39 is 17.8 Å². The Morgan fingerprint density at radius 2 is 2.29 bits per heavy atom. The standard InChI is InChI=1S/C19H18ClFN4O2S/c1-27-19(26)14-15(10-4-5-22-9-10)24-17(18-23-6-7-28-18)25-16(14)12-3-2-11(21)8-13(12)20/h2-3,6-8,10,16,22H,4-5,9H2,1H3,(H,24,25). The van der Waals surface area contributed by atoms with Crippen molar-refractivity contribution in [3.63, 3.8) is 0 Å². The van der Waals surface area contributed by atoms with Crippen LogP contribution < -0.4 is 10.6 Å². The van der Waals surface area contributed by atoms with E-state index in [2.05, 4.69) is 15.6 Å². The molecule has 0 spiro atoms. The number of aromatic nitrogens is 1. The van der Waals surface area contributed by atoms with Crippen molar-refractivity contribution < 1.29 is 13.9 Å². The zero-order chi connectivity index (χ0) is 19.7. The van der Waals surface area contributed by atoms with Gasteiger partial charge in [-0.15, -0.1) is 11.3 Å². The lowest BCUT2D eigenvalue weighted by atomic mass is 9.90. The molecule has 0 bridgehead atoms. The topological polar surface area (TPSA) is 75.6 Å². The molecule has 28 heavy (non-hydrogen) atoms. The highest BCUT2D eigenvalue weighted by Crippen LogP contribution is 2.38. The molecule has 2 N–H and O–H groups in total. The maximum Gasteiger partial charge on any atom is 0.338 e. The lowest BCUT2D eigenvalue weighted by Crippen LogP contribution is -2.37. The monoisotopic (exact) mass is 420 g/mol. The van der Waals surface area contributed by atoms with Gasteiger partial charge in [-0.05, 0) is 25.1 Å². The summed E-state index contributed by atoms with van der Waals surface area (Å²) < 4.78 is 18.7. The maximum atomic E-state index is 13.6. The van der Waals surface area contributed by atoms with Crippen LogP contribution in [0.15, 0.2) is 46.0 Å². The SMILES string of the molecule is COC(=O)C1=C(C2CCNC2)NC(c2nccs2)=NC1c1ccc(F)cc1Cl. The maximum absolute atomic E-state index is 13.6. The number of hydrogen-bond acceptors (Lipinski definition) is 7. The summed E-state index contributed by atoms with van der Waals surface area (Å²) in [7, 11) is 1.34. The van der Waals surface area contributed by atoms with Crippen molar-refractivity contribution in [3.05, 3.63) is 62.5 Å². The van der Waals surface area contributed by atoms with Crippen LogP contribution in [-0.2, 0) is 9.53 Å². The first-order chi connectivity index (χ1) is 13.6. The molecule has 2 aliphatic heterocycles. The molecule has 0 aliphatic carbocycles. The fraction of sp³-hybridized carbons (Fsp3) is 0.316. The molecule has 0 amide bonds. The number of hydrogen-bond donors (Lipinski definition) is 2. The van der Waals surface area contributed by atoms with Gasteiger partial charge in [-0.3, -0.25) is 4.99 Å². The summed E-state index contributed by atoms with van der Waals surface area (Å²) in [5, 5.41) is 9.40. The second kappa shape index (κ2) is 7.98. The molecule has 0 saturated carbocycles. The van der Waals surface area contributed by atoms with Gasteiger partial charge in [0.15, 0.2) is 10.8 Å². The molecule has 3 heterocycles. The van der Waals surface area contributed by atoms with E-state index >= 15 is 0 Å². The molecule has 4 rings (SSSR count). The van der Waals surface area contributed by atoms with Gasteiger partial charge in [-0.25, -0.2) is 14.2 Å². The summed E-state index contributed by atoms with van der Waals surface area (Å²) in [4.78, 5) is 21.8. The van der Waals surface area contributed by atoms with Gasteiger partial charge in [-0.1, -0.05) is 17.7 Å². The average molecular weight is 421 g/mol. The van der Waals surface area contributed by atoms with Gasteiger partial charge in [0.1, 0.15) is 11.9 Å². The molecule has 2 aromatic rings. The summed E-state index contributed by atoms with van der Waals surface area (Å²) in [5.41, 5.74) is 1.69. The number of carbonyl (C=O) groups is 1. The van der Waals surface area contributed by atoms with E-state index in [1.165, 1.54) is 30.6 Å². The third-order valence-electron chi connectivity index (χ3n) is 4.84. The molecular weight excluding hydrogens is 403 g/mol. The summed E-state index contributed by atoms with van der Waals surface area (Å²) in [6, 6.07) is 3.39. The van der Waals surface area contributed by atoms with Crippen LogP contribution in [0.4, 0.5) is 4.39 Å². The Labute approximate surface area is 170 Å². The summed E-state index contributed by atoms with van der Waals surface area (Å²) >= 11 is 7.77. The van der Waals surface area contributed by atoms with E-state index in [0.29, 0.717) is 22.0 Å². The highest BCUT2D eigenvalue weighted by Gasteiger charge is 2.37.